The number of nitro groups is 1. The van der Waals surface area contributed by atoms with Gasteiger partial charge in [-0.3, -0.25) is 19.8 Å². The number of hydrogen-bond acceptors (Lipinski definition) is 6. The average Bonchev–Trinajstić information content (AvgIpc) is 2.75. The molecule has 2 aromatic rings. The van der Waals surface area contributed by atoms with Gasteiger partial charge in [0.1, 0.15) is 0 Å². The zero-order valence-corrected chi connectivity index (χ0v) is 17.2. The van der Waals surface area contributed by atoms with E-state index in [0.29, 0.717) is 5.02 Å². The van der Waals surface area contributed by atoms with Crippen molar-refractivity contribution in [2.45, 2.75) is 25.4 Å². The van der Waals surface area contributed by atoms with Crippen LogP contribution in [0.25, 0.3) is 0 Å². The first-order valence-electron chi connectivity index (χ1n) is 9.51. The first-order valence-corrected chi connectivity index (χ1v) is 9.89. The standard InChI is InChI=1S/C21H22ClN3O5/c1-30-21(27)16-10-15(11-19(12-16)25(28)29)20(26)23-18-6-8-24(9-7-18)13-14-2-4-17(22)5-3-14/h2-5,10-12,18H,6-9,13H2,1H3,(H,23,26). The van der Waals surface area contributed by atoms with E-state index in [2.05, 4.69) is 15.0 Å². The lowest BCUT2D eigenvalue weighted by atomic mass is 10.0. The number of likely N-dealkylation sites (tertiary alicyclic amines) is 1. The number of nitrogens with zero attached hydrogens (tertiary/aromatic N) is 2. The summed E-state index contributed by atoms with van der Waals surface area (Å²) in [4.78, 5) is 37.2. The highest BCUT2D eigenvalue weighted by molar-refractivity contribution is 6.30. The van der Waals surface area contributed by atoms with Crippen molar-refractivity contribution in [3.63, 3.8) is 0 Å². The van der Waals surface area contributed by atoms with E-state index >= 15 is 0 Å². The number of ether oxygens (including phenoxy) is 1. The van der Waals surface area contributed by atoms with Gasteiger partial charge in [-0.1, -0.05) is 23.7 Å². The van der Waals surface area contributed by atoms with Crippen LogP contribution in [0.4, 0.5) is 5.69 Å². The maximum absolute atomic E-state index is 12.6. The molecule has 158 valence electrons. The van der Waals surface area contributed by atoms with Gasteiger partial charge >= 0.3 is 5.97 Å². The number of non-ortho nitro benzene ring substituents is 1. The van der Waals surface area contributed by atoms with E-state index in [0.717, 1.165) is 44.6 Å². The molecule has 0 unspecified atom stereocenters. The third-order valence-corrected chi connectivity index (χ3v) is 5.31. The number of rotatable bonds is 6. The summed E-state index contributed by atoms with van der Waals surface area (Å²) in [6, 6.07) is 11.3. The topological polar surface area (TPSA) is 102 Å². The van der Waals surface area contributed by atoms with Crippen LogP contribution < -0.4 is 5.32 Å². The molecule has 9 heteroatoms. The summed E-state index contributed by atoms with van der Waals surface area (Å²) < 4.78 is 4.62. The van der Waals surface area contributed by atoms with Crippen molar-refractivity contribution >= 4 is 29.2 Å². The van der Waals surface area contributed by atoms with Crippen LogP contribution in [0.2, 0.25) is 5.02 Å². The highest BCUT2D eigenvalue weighted by atomic mass is 35.5. The Bertz CT molecular complexity index is 940. The lowest BCUT2D eigenvalue weighted by molar-refractivity contribution is -0.384. The first-order chi connectivity index (χ1) is 14.4. The summed E-state index contributed by atoms with van der Waals surface area (Å²) in [6.45, 7) is 2.44. The van der Waals surface area contributed by atoms with Gasteiger partial charge in [-0.15, -0.1) is 0 Å². The number of nitro benzene ring substituents is 1. The molecule has 0 spiro atoms. The van der Waals surface area contributed by atoms with E-state index in [9.17, 15) is 19.7 Å². The number of carbonyl (C=O) groups is 2. The van der Waals surface area contributed by atoms with E-state index in [-0.39, 0.29) is 22.9 Å². The molecule has 30 heavy (non-hydrogen) atoms. The van der Waals surface area contributed by atoms with Crippen LogP contribution in [0.5, 0.6) is 0 Å². The van der Waals surface area contributed by atoms with Gasteiger partial charge in [0.25, 0.3) is 11.6 Å². The van der Waals surface area contributed by atoms with Crippen LogP contribution in [0.1, 0.15) is 39.1 Å². The maximum Gasteiger partial charge on any atom is 0.338 e. The predicted octanol–water partition coefficient (Wildman–Crippen LogP) is 3.43. The second-order valence-electron chi connectivity index (χ2n) is 7.17. The average molecular weight is 432 g/mol. The minimum absolute atomic E-state index is 0.0327. The van der Waals surface area contributed by atoms with Gasteiger partial charge in [0.2, 0.25) is 0 Å². The van der Waals surface area contributed by atoms with Crippen molar-refractivity contribution in [3.05, 3.63) is 74.3 Å². The molecule has 0 aliphatic carbocycles. The number of amides is 1. The molecule has 8 nitrogen and oxygen atoms in total. The molecule has 1 N–H and O–H groups in total. The Kier molecular flexibility index (Phi) is 7.02. The minimum Gasteiger partial charge on any atom is -0.465 e. The third kappa shape index (κ3) is 5.55. The molecule has 0 saturated carbocycles. The zero-order valence-electron chi connectivity index (χ0n) is 16.5. The van der Waals surface area contributed by atoms with Crippen LogP contribution in [0, 0.1) is 10.1 Å². The van der Waals surface area contributed by atoms with E-state index in [1.54, 1.807) is 0 Å². The fourth-order valence-electron chi connectivity index (χ4n) is 3.44. The highest BCUT2D eigenvalue weighted by Gasteiger charge is 2.23. The Labute approximate surface area is 178 Å². The molecule has 3 rings (SSSR count). The van der Waals surface area contributed by atoms with Gasteiger partial charge in [-0.25, -0.2) is 4.79 Å². The molecule has 1 saturated heterocycles. The number of carbonyl (C=O) groups excluding carboxylic acids is 2. The second kappa shape index (κ2) is 9.69. The van der Waals surface area contributed by atoms with E-state index in [1.165, 1.54) is 18.7 Å². The Balaban J connectivity index is 1.60. The van der Waals surface area contributed by atoms with Crippen molar-refractivity contribution in [1.82, 2.24) is 10.2 Å². The smallest absolute Gasteiger partial charge is 0.338 e. The van der Waals surface area contributed by atoms with E-state index in [4.69, 9.17) is 11.6 Å². The molecule has 0 bridgehead atoms. The van der Waals surface area contributed by atoms with Crippen LogP contribution in [-0.2, 0) is 11.3 Å². The summed E-state index contributed by atoms with van der Waals surface area (Å²) in [5, 5.41) is 14.8. The number of hydrogen-bond donors (Lipinski definition) is 1. The number of esters is 1. The predicted molar refractivity (Wildman–Crippen MR) is 112 cm³/mol. The molecular weight excluding hydrogens is 410 g/mol. The van der Waals surface area contributed by atoms with Gasteiger partial charge in [0.05, 0.1) is 17.6 Å². The fourth-order valence-corrected chi connectivity index (χ4v) is 3.56. The zero-order chi connectivity index (χ0) is 21.7. The highest BCUT2D eigenvalue weighted by Crippen LogP contribution is 2.20. The molecular formula is C21H22ClN3O5. The first kappa shape index (κ1) is 21.7. The van der Waals surface area contributed by atoms with Crippen molar-refractivity contribution in [1.29, 1.82) is 0 Å². The van der Waals surface area contributed by atoms with E-state index < -0.39 is 16.8 Å². The van der Waals surface area contributed by atoms with Crippen LogP contribution >= 0.6 is 11.6 Å². The van der Waals surface area contributed by atoms with Gasteiger partial charge in [-0.2, -0.15) is 0 Å². The molecule has 1 aliphatic heterocycles. The summed E-state index contributed by atoms with van der Waals surface area (Å²) in [7, 11) is 1.18. The molecule has 1 fully saturated rings. The third-order valence-electron chi connectivity index (χ3n) is 5.05. The van der Waals surface area contributed by atoms with E-state index in [1.807, 2.05) is 24.3 Å². The lowest BCUT2D eigenvalue weighted by Crippen LogP contribution is -2.44. The lowest BCUT2D eigenvalue weighted by Gasteiger charge is -2.32. The van der Waals surface area contributed by atoms with Crippen molar-refractivity contribution < 1.29 is 19.2 Å². The molecule has 2 aromatic carbocycles. The van der Waals surface area contributed by atoms with Gasteiger partial charge in [0.15, 0.2) is 0 Å². The number of benzene rings is 2. The Hall–Kier alpha value is -2.97. The summed E-state index contributed by atoms with van der Waals surface area (Å²) in [6.07, 6.45) is 1.52. The number of methoxy groups -OCH3 is 1. The number of nitrogens with one attached hydrogen (secondary N) is 1. The van der Waals surface area contributed by atoms with Crippen LogP contribution in [-0.4, -0.2) is 47.9 Å². The quantitative estimate of drug-likeness (QED) is 0.427. The van der Waals surface area contributed by atoms with Crippen molar-refractivity contribution in [2.24, 2.45) is 0 Å². The summed E-state index contributed by atoms with van der Waals surface area (Å²) >= 11 is 5.92. The maximum atomic E-state index is 12.6. The molecule has 1 aliphatic rings. The largest absolute Gasteiger partial charge is 0.465 e. The second-order valence-corrected chi connectivity index (χ2v) is 7.60. The minimum atomic E-state index is -0.733. The van der Waals surface area contributed by atoms with Gasteiger partial charge in [0, 0.05) is 48.4 Å². The monoisotopic (exact) mass is 431 g/mol. The number of piperidine rings is 1. The summed E-state index contributed by atoms with van der Waals surface area (Å²) in [5.74, 6) is -1.18. The Morgan fingerprint density at radius 2 is 1.80 bits per heavy atom. The molecule has 0 radical (unpaired) electrons. The summed E-state index contributed by atoms with van der Waals surface area (Å²) in [5.41, 5.74) is 0.873. The Morgan fingerprint density at radius 3 is 2.40 bits per heavy atom. The fraction of sp³-hybridized carbons (Fsp3) is 0.333. The molecule has 0 aromatic heterocycles. The molecule has 0 atom stereocenters. The molecule has 1 heterocycles. The van der Waals surface area contributed by atoms with Gasteiger partial charge in [-0.05, 0) is 36.6 Å². The SMILES string of the molecule is COC(=O)c1cc(C(=O)NC2CCN(Cc3ccc(Cl)cc3)CC2)cc([N+](=O)[O-])c1. The number of halogens is 1. The van der Waals surface area contributed by atoms with Crippen molar-refractivity contribution in [3.8, 4) is 0 Å². The Morgan fingerprint density at radius 1 is 1.17 bits per heavy atom. The van der Waals surface area contributed by atoms with Gasteiger partial charge < -0.3 is 10.1 Å². The molecule has 1 amide bonds. The normalized spacial score (nSPS) is 14.9. The van der Waals surface area contributed by atoms with Crippen molar-refractivity contribution in [2.75, 3.05) is 20.2 Å². The van der Waals surface area contributed by atoms with Crippen LogP contribution in [0.3, 0.4) is 0 Å². The van der Waals surface area contributed by atoms with Crippen LogP contribution in [0.15, 0.2) is 42.5 Å².